The Labute approximate surface area is 111 Å². The molecule has 2 N–H and O–H groups in total. The Bertz CT molecular complexity index is 477. The number of hydrogen-bond donors (Lipinski definition) is 2. The molecule has 1 saturated carbocycles. The van der Waals surface area contributed by atoms with E-state index in [1.165, 1.54) is 0 Å². The first kappa shape index (κ1) is 13.6. The van der Waals surface area contributed by atoms with E-state index in [2.05, 4.69) is 10.4 Å². The Morgan fingerprint density at radius 2 is 2.26 bits per heavy atom. The van der Waals surface area contributed by atoms with E-state index in [1.54, 1.807) is 10.9 Å². The molecule has 1 heterocycles. The van der Waals surface area contributed by atoms with E-state index in [4.69, 9.17) is 5.11 Å². The van der Waals surface area contributed by atoms with Crippen LogP contribution in [0.3, 0.4) is 0 Å². The predicted molar refractivity (Wildman–Crippen MR) is 68.5 cm³/mol. The van der Waals surface area contributed by atoms with Crippen LogP contribution in [0.2, 0.25) is 0 Å². The summed E-state index contributed by atoms with van der Waals surface area (Å²) in [6.45, 7) is 0. The van der Waals surface area contributed by atoms with Crippen molar-refractivity contribution in [1.82, 2.24) is 15.1 Å². The van der Waals surface area contributed by atoms with Gasteiger partial charge in [0, 0.05) is 25.4 Å². The fourth-order valence-corrected chi connectivity index (χ4v) is 2.49. The summed E-state index contributed by atoms with van der Waals surface area (Å²) in [6.07, 6.45) is 5.20. The fourth-order valence-electron chi connectivity index (χ4n) is 2.49. The molecule has 2 rings (SSSR count). The van der Waals surface area contributed by atoms with Crippen molar-refractivity contribution in [2.45, 2.75) is 44.1 Å². The molecule has 1 amide bonds. The molecule has 0 spiro atoms. The van der Waals surface area contributed by atoms with Gasteiger partial charge in [0.05, 0.1) is 12.0 Å². The standard InChI is InChI=1S/C13H19N3O3/c1-16-10(5-8-14-16)3-4-11(17)15-13(6-2-7-13)9-12(18)19/h5,8H,2-4,6-7,9H2,1H3,(H,15,17)(H,18,19). The molecule has 6 nitrogen and oxygen atoms in total. The smallest absolute Gasteiger partial charge is 0.305 e. The molecular formula is C13H19N3O3. The molecule has 1 aliphatic carbocycles. The van der Waals surface area contributed by atoms with Gasteiger partial charge in [-0.25, -0.2) is 0 Å². The van der Waals surface area contributed by atoms with Crippen LogP contribution in [-0.4, -0.2) is 32.3 Å². The first-order valence-electron chi connectivity index (χ1n) is 6.50. The molecule has 0 radical (unpaired) electrons. The van der Waals surface area contributed by atoms with Crippen molar-refractivity contribution in [3.63, 3.8) is 0 Å². The zero-order valence-corrected chi connectivity index (χ0v) is 11.1. The lowest BCUT2D eigenvalue weighted by atomic mass is 9.74. The van der Waals surface area contributed by atoms with Crippen molar-refractivity contribution in [3.05, 3.63) is 18.0 Å². The van der Waals surface area contributed by atoms with Crippen molar-refractivity contribution in [2.75, 3.05) is 0 Å². The average Bonchev–Trinajstić information content (AvgIpc) is 2.68. The van der Waals surface area contributed by atoms with Gasteiger partial charge in [0.15, 0.2) is 0 Å². The highest BCUT2D eigenvalue weighted by molar-refractivity contribution is 5.78. The van der Waals surface area contributed by atoms with Crippen LogP contribution in [0.15, 0.2) is 12.3 Å². The molecule has 0 saturated heterocycles. The second kappa shape index (κ2) is 5.42. The number of aliphatic carboxylic acids is 1. The maximum Gasteiger partial charge on any atom is 0.305 e. The predicted octanol–water partition coefficient (Wildman–Crippen LogP) is 0.866. The molecule has 0 atom stereocenters. The Morgan fingerprint density at radius 3 is 2.74 bits per heavy atom. The van der Waals surface area contributed by atoms with Gasteiger partial charge in [-0.3, -0.25) is 14.3 Å². The lowest BCUT2D eigenvalue weighted by Crippen LogP contribution is -2.54. The van der Waals surface area contributed by atoms with Crippen LogP contribution in [0, 0.1) is 0 Å². The summed E-state index contributed by atoms with van der Waals surface area (Å²) >= 11 is 0. The summed E-state index contributed by atoms with van der Waals surface area (Å²) in [4.78, 5) is 22.7. The van der Waals surface area contributed by atoms with Crippen LogP contribution in [0.25, 0.3) is 0 Å². The Kier molecular flexibility index (Phi) is 3.87. The molecule has 1 aromatic heterocycles. The monoisotopic (exact) mass is 265 g/mol. The lowest BCUT2D eigenvalue weighted by Gasteiger charge is -2.41. The second-order valence-corrected chi connectivity index (χ2v) is 5.20. The van der Waals surface area contributed by atoms with Crippen LogP contribution >= 0.6 is 0 Å². The van der Waals surface area contributed by atoms with E-state index in [0.717, 1.165) is 25.0 Å². The van der Waals surface area contributed by atoms with Gasteiger partial charge in [-0.15, -0.1) is 0 Å². The van der Waals surface area contributed by atoms with Crippen molar-refractivity contribution in [2.24, 2.45) is 7.05 Å². The van der Waals surface area contributed by atoms with Gasteiger partial charge in [0.2, 0.25) is 5.91 Å². The molecule has 19 heavy (non-hydrogen) atoms. The zero-order valence-electron chi connectivity index (χ0n) is 11.1. The molecule has 0 aromatic carbocycles. The summed E-state index contributed by atoms with van der Waals surface area (Å²) in [5.41, 5.74) is 0.492. The third kappa shape index (κ3) is 3.33. The van der Waals surface area contributed by atoms with Gasteiger partial charge in [-0.1, -0.05) is 0 Å². The number of carbonyl (C=O) groups excluding carboxylic acids is 1. The van der Waals surface area contributed by atoms with E-state index >= 15 is 0 Å². The molecule has 1 fully saturated rings. The number of nitrogens with zero attached hydrogens (tertiary/aromatic N) is 2. The van der Waals surface area contributed by atoms with E-state index in [9.17, 15) is 9.59 Å². The number of carboxylic acid groups (broad SMARTS) is 1. The Balaban J connectivity index is 1.83. The summed E-state index contributed by atoms with van der Waals surface area (Å²) < 4.78 is 1.74. The normalized spacial score (nSPS) is 16.7. The van der Waals surface area contributed by atoms with E-state index < -0.39 is 11.5 Å². The molecular weight excluding hydrogens is 246 g/mol. The van der Waals surface area contributed by atoms with Gasteiger partial charge in [0.1, 0.15) is 0 Å². The van der Waals surface area contributed by atoms with Crippen LogP contribution in [0.4, 0.5) is 0 Å². The molecule has 104 valence electrons. The van der Waals surface area contributed by atoms with Gasteiger partial charge in [-0.2, -0.15) is 5.10 Å². The van der Waals surface area contributed by atoms with Crippen LogP contribution < -0.4 is 5.32 Å². The maximum atomic E-state index is 11.9. The number of carboxylic acids is 1. The number of aryl methyl sites for hydroxylation is 2. The fraction of sp³-hybridized carbons (Fsp3) is 0.615. The average molecular weight is 265 g/mol. The molecule has 1 aromatic rings. The topological polar surface area (TPSA) is 84.2 Å². The highest BCUT2D eigenvalue weighted by Gasteiger charge is 2.40. The number of carbonyl (C=O) groups is 2. The van der Waals surface area contributed by atoms with Crippen LogP contribution in [-0.2, 0) is 23.1 Å². The number of amides is 1. The number of nitrogens with one attached hydrogen (secondary N) is 1. The summed E-state index contributed by atoms with van der Waals surface area (Å²) in [5.74, 6) is -0.936. The maximum absolute atomic E-state index is 11.9. The highest BCUT2D eigenvalue weighted by atomic mass is 16.4. The third-order valence-corrected chi connectivity index (χ3v) is 3.74. The van der Waals surface area contributed by atoms with Crippen molar-refractivity contribution >= 4 is 11.9 Å². The Hall–Kier alpha value is -1.85. The van der Waals surface area contributed by atoms with Crippen LogP contribution in [0.1, 0.15) is 37.8 Å². The first-order chi connectivity index (χ1) is 9.01. The van der Waals surface area contributed by atoms with Gasteiger partial charge >= 0.3 is 5.97 Å². The van der Waals surface area contributed by atoms with Gasteiger partial charge in [0.25, 0.3) is 0 Å². The van der Waals surface area contributed by atoms with Gasteiger partial charge < -0.3 is 10.4 Å². The van der Waals surface area contributed by atoms with Crippen molar-refractivity contribution in [3.8, 4) is 0 Å². The quantitative estimate of drug-likeness (QED) is 0.799. The minimum Gasteiger partial charge on any atom is -0.481 e. The van der Waals surface area contributed by atoms with Crippen molar-refractivity contribution in [1.29, 1.82) is 0 Å². The molecule has 0 unspecified atom stereocenters. The third-order valence-electron chi connectivity index (χ3n) is 3.74. The van der Waals surface area contributed by atoms with Crippen LogP contribution in [0.5, 0.6) is 0 Å². The largest absolute Gasteiger partial charge is 0.481 e. The summed E-state index contributed by atoms with van der Waals surface area (Å²) in [5, 5.41) is 15.8. The van der Waals surface area contributed by atoms with E-state index in [1.807, 2.05) is 13.1 Å². The Morgan fingerprint density at radius 1 is 1.53 bits per heavy atom. The van der Waals surface area contributed by atoms with E-state index in [-0.39, 0.29) is 12.3 Å². The molecule has 0 aliphatic heterocycles. The summed E-state index contributed by atoms with van der Waals surface area (Å²) in [7, 11) is 1.84. The number of aromatic nitrogens is 2. The van der Waals surface area contributed by atoms with Gasteiger partial charge in [-0.05, 0) is 31.7 Å². The highest BCUT2D eigenvalue weighted by Crippen LogP contribution is 2.34. The minimum absolute atomic E-state index is 0.0183. The molecule has 0 bridgehead atoms. The minimum atomic E-state index is -0.855. The molecule has 1 aliphatic rings. The molecule has 6 heteroatoms. The lowest BCUT2D eigenvalue weighted by molar-refractivity contribution is -0.140. The number of rotatable bonds is 6. The summed E-state index contributed by atoms with van der Waals surface area (Å²) in [6, 6.07) is 1.88. The number of hydrogen-bond acceptors (Lipinski definition) is 3. The SMILES string of the molecule is Cn1nccc1CCC(=O)NC1(CC(=O)O)CCC1. The zero-order chi connectivity index (χ0) is 13.9. The van der Waals surface area contributed by atoms with Crippen molar-refractivity contribution < 1.29 is 14.7 Å². The second-order valence-electron chi connectivity index (χ2n) is 5.20. The van der Waals surface area contributed by atoms with E-state index in [0.29, 0.717) is 12.8 Å². The first-order valence-corrected chi connectivity index (χ1v) is 6.50.